The van der Waals surface area contributed by atoms with Gasteiger partial charge in [0, 0.05) is 83.8 Å². The van der Waals surface area contributed by atoms with E-state index in [0.717, 1.165) is 111 Å². The van der Waals surface area contributed by atoms with Gasteiger partial charge in [0.2, 0.25) is 0 Å². The Morgan fingerprint density at radius 1 is 0.318 bits per heavy atom. The van der Waals surface area contributed by atoms with Crippen LogP contribution in [0, 0.1) is 0 Å². The topological polar surface area (TPSA) is 22.9 Å². The maximum atomic E-state index is 7.74. The summed E-state index contributed by atoms with van der Waals surface area (Å²) < 4.78 is 7.74. The van der Waals surface area contributed by atoms with Gasteiger partial charge in [-0.25, -0.2) is 0 Å². The molecule has 88 heavy (non-hydrogen) atoms. The van der Waals surface area contributed by atoms with E-state index in [2.05, 4.69) is 331 Å². The average Bonchev–Trinajstić information content (AvgIpc) is 1.50. The number of hydrogen-bond acceptors (Lipinski definition) is 4. The Morgan fingerprint density at radius 2 is 0.750 bits per heavy atom. The van der Waals surface area contributed by atoms with Gasteiger partial charge in [0.05, 0.1) is 24.5 Å². The summed E-state index contributed by atoms with van der Waals surface area (Å²) in [6.45, 7) is 4.70. The van der Waals surface area contributed by atoms with Crippen LogP contribution in [0.3, 0.4) is 0 Å². The summed E-state index contributed by atoms with van der Waals surface area (Å²) in [6.07, 6.45) is 0. The van der Waals surface area contributed by atoms with Crippen molar-refractivity contribution in [2.75, 3.05) is 14.7 Å². The third kappa shape index (κ3) is 8.75. The molecular formula is C81H63N3OSi3. The largest absolute Gasteiger partial charge is 0.455 e. The standard InChI is InChI=1S/C81H63N3OSi3/c1-87-66-42-35-60(36-43-66)83(57-22-8-4-9-23-57)62-26-16-18-53(48-62)54-32-46-70-75(50-54)81(73-30-14-12-28-68(73)69-29-13-15-31-74(69)81)76-52-72(55-19-17-27-63(49-55)82(56-20-6-3-7-21-56)59-33-40-65(86)41-34-59)78-71-47-39-64(51-77(71)85-80(78)79(70)76)84(58-24-10-5-11-25-58)61-37-44-67(88-2)45-38-61/h3-52H,87-88H2,1-2,86H3. The molecule has 0 aliphatic heterocycles. The molecule has 0 atom stereocenters. The minimum Gasteiger partial charge on any atom is -0.455 e. The highest BCUT2D eigenvalue weighted by atomic mass is 28.2. The molecule has 1 aromatic heterocycles. The lowest BCUT2D eigenvalue weighted by Gasteiger charge is -2.31. The lowest BCUT2D eigenvalue weighted by Crippen LogP contribution is -2.26. The maximum Gasteiger partial charge on any atom is 0.144 e. The Hall–Kier alpha value is -10.3. The quantitative estimate of drug-likeness (QED) is 0.107. The first-order chi connectivity index (χ1) is 43.4. The minimum absolute atomic E-state index is 0.297. The van der Waals surface area contributed by atoms with Crippen LogP contribution in [-0.4, -0.2) is 29.3 Å². The zero-order chi connectivity index (χ0) is 58.9. The van der Waals surface area contributed by atoms with E-state index in [9.17, 15) is 0 Å². The number of anilines is 9. The smallest absolute Gasteiger partial charge is 0.144 e. The number of nitrogens with zero attached hydrogens (tertiary/aromatic N) is 3. The number of rotatable bonds is 13. The fraction of sp³-hybridized carbons (Fsp3) is 0.0370. The van der Waals surface area contributed by atoms with Gasteiger partial charge in [0.1, 0.15) is 11.2 Å². The lowest BCUT2D eigenvalue weighted by atomic mass is 9.69. The summed E-state index contributed by atoms with van der Waals surface area (Å²) in [5.74, 6) is 0. The Morgan fingerprint density at radius 3 is 1.28 bits per heavy atom. The zero-order valence-corrected chi connectivity index (χ0v) is 54.4. The summed E-state index contributed by atoms with van der Waals surface area (Å²) in [4.78, 5) is 7.15. The first-order valence-corrected chi connectivity index (χ1v) is 36.1. The summed E-state index contributed by atoms with van der Waals surface area (Å²) >= 11 is 0. The maximum absolute atomic E-state index is 7.74. The number of hydrogen-bond donors (Lipinski definition) is 0. The number of fused-ring (bicyclic) bond motifs is 14. The Labute approximate surface area is 522 Å². The van der Waals surface area contributed by atoms with E-state index in [1.807, 2.05) is 0 Å². The predicted molar refractivity (Wildman–Crippen MR) is 383 cm³/mol. The highest BCUT2D eigenvalue weighted by molar-refractivity contribution is 6.52. The van der Waals surface area contributed by atoms with Gasteiger partial charge in [-0.05, 0) is 183 Å². The zero-order valence-electron chi connectivity index (χ0n) is 49.5. The first-order valence-electron chi connectivity index (χ1n) is 30.8. The van der Waals surface area contributed by atoms with Crippen molar-refractivity contribution in [2.45, 2.75) is 18.5 Å². The molecule has 14 aromatic rings. The Bertz CT molecular complexity index is 4910. The molecule has 16 rings (SSSR count). The Balaban J connectivity index is 0.960. The van der Waals surface area contributed by atoms with Crippen molar-refractivity contribution in [1.82, 2.24) is 0 Å². The van der Waals surface area contributed by atoms with E-state index in [4.69, 9.17) is 4.42 Å². The van der Waals surface area contributed by atoms with E-state index in [1.165, 1.54) is 54.5 Å². The molecule has 2 aliphatic carbocycles. The molecule has 0 saturated heterocycles. The highest BCUT2D eigenvalue weighted by Crippen LogP contribution is 2.65. The molecule has 2 aliphatic rings. The van der Waals surface area contributed by atoms with Gasteiger partial charge < -0.3 is 19.1 Å². The van der Waals surface area contributed by atoms with Gasteiger partial charge in [-0.3, -0.25) is 0 Å². The molecule has 0 N–H and O–H groups in total. The molecule has 1 spiro atoms. The van der Waals surface area contributed by atoms with Gasteiger partial charge in [-0.2, -0.15) is 0 Å². The lowest BCUT2D eigenvalue weighted by molar-refractivity contribution is 0.669. The van der Waals surface area contributed by atoms with Crippen molar-refractivity contribution in [1.29, 1.82) is 0 Å². The molecule has 0 unspecified atom stereocenters. The average molecular weight is 1180 g/mol. The summed E-state index contributed by atoms with van der Waals surface area (Å²) in [7, 11) is 0.366. The molecule has 0 radical (unpaired) electrons. The van der Waals surface area contributed by atoms with Crippen LogP contribution >= 0.6 is 0 Å². The van der Waals surface area contributed by atoms with Gasteiger partial charge in [0.15, 0.2) is 0 Å². The molecule has 0 bridgehead atoms. The van der Waals surface area contributed by atoms with Crippen LogP contribution in [0.15, 0.2) is 308 Å². The molecule has 420 valence electrons. The van der Waals surface area contributed by atoms with Gasteiger partial charge in [-0.15, -0.1) is 0 Å². The number of benzene rings is 13. The molecular weight excluding hydrogens is 1120 g/mol. The first kappa shape index (κ1) is 53.2. The predicted octanol–water partition coefficient (Wildman–Crippen LogP) is 17.3. The van der Waals surface area contributed by atoms with Crippen LogP contribution < -0.4 is 30.3 Å². The van der Waals surface area contributed by atoms with Gasteiger partial charge >= 0.3 is 0 Å². The molecule has 7 heteroatoms. The van der Waals surface area contributed by atoms with E-state index in [-0.39, 0.29) is 19.0 Å². The van der Waals surface area contributed by atoms with Crippen molar-refractivity contribution in [2.24, 2.45) is 0 Å². The monoisotopic (exact) mass is 1180 g/mol. The van der Waals surface area contributed by atoms with E-state index in [0.29, 0.717) is 0 Å². The fourth-order valence-corrected chi connectivity index (χ4v) is 16.0. The van der Waals surface area contributed by atoms with Crippen molar-refractivity contribution < 1.29 is 4.42 Å². The SMILES string of the molecule is C[SiH2]c1ccc(N(c2ccccc2)c2cccc(-c3ccc4c(c3)C3(c5ccccc5-c5ccccc53)c3cc(-c5cccc(N(c6ccccc6)c6ccc([SiH3])cc6)c5)c5c(oc6cc(N(c7ccccc7)c7ccc([SiH2]C)cc7)ccc65)c3-4)c2)cc1. The van der Waals surface area contributed by atoms with Crippen molar-refractivity contribution >= 4 is 118 Å². The van der Waals surface area contributed by atoms with Crippen LogP contribution in [0.5, 0.6) is 0 Å². The minimum atomic E-state index is -0.699. The van der Waals surface area contributed by atoms with E-state index >= 15 is 0 Å². The molecule has 13 aromatic carbocycles. The highest BCUT2D eigenvalue weighted by Gasteiger charge is 2.53. The van der Waals surface area contributed by atoms with E-state index < -0.39 is 5.41 Å². The number of para-hydroxylation sites is 3. The summed E-state index contributed by atoms with van der Waals surface area (Å²) in [5.41, 5.74) is 25.3. The van der Waals surface area contributed by atoms with Crippen LogP contribution in [0.4, 0.5) is 51.2 Å². The molecule has 1 heterocycles. The summed E-state index contributed by atoms with van der Waals surface area (Å²) in [6, 6.07) is 113. The molecule has 0 saturated carbocycles. The van der Waals surface area contributed by atoms with Crippen molar-refractivity contribution in [3.05, 3.63) is 326 Å². The fourth-order valence-electron chi connectivity index (χ4n) is 14.2. The van der Waals surface area contributed by atoms with Crippen molar-refractivity contribution in [3.63, 3.8) is 0 Å². The second-order valence-electron chi connectivity index (χ2n) is 23.4. The molecule has 0 amide bonds. The second-order valence-corrected chi connectivity index (χ2v) is 27.6. The summed E-state index contributed by atoms with van der Waals surface area (Å²) in [5, 5.41) is 6.43. The Kier molecular flexibility index (Phi) is 13.2. The van der Waals surface area contributed by atoms with Crippen LogP contribution in [-0.2, 0) is 5.41 Å². The van der Waals surface area contributed by atoms with E-state index in [1.54, 1.807) is 0 Å². The van der Waals surface area contributed by atoms with Crippen LogP contribution in [0.25, 0.3) is 66.4 Å². The number of furan rings is 1. The van der Waals surface area contributed by atoms with Gasteiger partial charge in [-0.1, -0.05) is 205 Å². The third-order valence-electron chi connectivity index (χ3n) is 18.4. The normalized spacial score (nSPS) is 12.8. The van der Waals surface area contributed by atoms with Crippen molar-refractivity contribution in [3.8, 4) is 44.5 Å². The van der Waals surface area contributed by atoms with Crippen LogP contribution in [0.2, 0.25) is 13.1 Å². The van der Waals surface area contributed by atoms with Crippen LogP contribution in [0.1, 0.15) is 22.3 Å². The van der Waals surface area contributed by atoms with Gasteiger partial charge in [0.25, 0.3) is 0 Å². The second kappa shape index (κ2) is 21.9. The molecule has 0 fully saturated rings. The third-order valence-corrected chi connectivity index (χ3v) is 21.7. The molecule has 4 nitrogen and oxygen atoms in total.